The number of carbonyl (C=O) groups excluding carboxylic acids is 1. The van der Waals surface area contributed by atoms with Crippen LogP contribution in [0.1, 0.15) is 23.3 Å². The van der Waals surface area contributed by atoms with Crippen molar-refractivity contribution < 1.29 is 13.2 Å². The van der Waals surface area contributed by atoms with E-state index in [0.29, 0.717) is 13.1 Å². The van der Waals surface area contributed by atoms with E-state index in [4.69, 9.17) is 0 Å². The van der Waals surface area contributed by atoms with E-state index in [1.807, 2.05) is 0 Å². The first-order valence-electron chi connectivity index (χ1n) is 5.98. The van der Waals surface area contributed by atoms with Crippen molar-refractivity contribution >= 4 is 15.9 Å². The number of likely N-dealkylation sites (tertiary alicyclic amines) is 1. The third-order valence-corrected chi connectivity index (χ3v) is 3.63. The Kier molecular flexibility index (Phi) is 4.11. The summed E-state index contributed by atoms with van der Waals surface area (Å²) in [5.74, 6) is -0.215. The fourth-order valence-corrected chi connectivity index (χ4v) is 2.93. The summed E-state index contributed by atoms with van der Waals surface area (Å²) in [4.78, 5) is 21.6. The number of piperidine rings is 1. The van der Waals surface area contributed by atoms with Crippen LogP contribution >= 0.6 is 0 Å². The minimum absolute atomic E-state index is 0.215. The first-order chi connectivity index (χ1) is 8.96. The van der Waals surface area contributed by atoms with Crippen LogP contribution in [0.15, 0.2) is 18.6 Å². The third-order valence-electron chi connectivity index (χ3n) is 2.87. The number of sulfonamides is 1. The molecule has 0 spiro atoms. The predicted molar refractivity (Wildman–Crippen MR) is 68.9 cm³/mol. The van der Waals surface area contributed by atoms with Crippen molar-refractivity contribution in [2.75, 3.05) is 19.3 Å². The average Bonchev–Trinajstić information content (AvgIpc) is 2.37. The van der Waals surface area contributed by atoms with Crippen LogP contribution in [-0.4, -0.2) is 54.6 Å². The quantitative estimate of drug-likeness (QED) is 0.817. The number of aromatic nitrogens is 2. The maximum atomic E-state index is 12.2. The van der Waals surface area contributed by atoms with Crippen molar-refractivity contribution in [3.63, 3.8) is 0 Å². The summed E-state index contributed by atoms with van der Waals surface area (Å²) < 4.78 is 25.0. The molecule has 0 radical (unpaired) electrons. The molecule has 8 heteroatoms. The lowest BCUT2D eigenvalue weighted by molar-refractivity contribution is 0.0696. The van der Waals surface area contributed by atoms with Crippen LogP contribution in [0.4, 0.5) is 0 Å². The normalized spacial score (nSPS) is 20.3. The first-order valence-corrected chi connectivity index (χ1v) is 7.87. The van der Waals surface area contributed by atoms with E-state index < -0.39 is 10.0 Å². The van der Waals surface area contributed by atoms with Crippen LogP contribution in [-0.2, 0) is 10.0 Å². The highest BCUT2D eigenvalue weighted by molar-refractivity contribution is 7.88. The molecule has 104 valence electrons. The van der Waals surface area contributed by atoms with Gasteiger partial charge in [0.1, 0.15) is 5.69 Å². The molecule has 0 aromatic carbocycles. The molecule has 7 nitrogen and oxygen atoms in total. The highest BCUT2D eigenvalue weighted by Crippen LogP contribution is 2.13. The van der Waals surface area contributed by atoms with Gasteiger partial charge < -0.3 is 4.90 Å². The van der Waals surface area contributed by atoms with Crippen molar-refractivity contribution in [3.8, 4) is 0 Å². The molecule has 1 atom stereocenters. The Hall–Kier alpha value is -1.54. The predicted octanol–water partition coefficient (Wildman–Crippen LogP) is -0.370. The summed E-state index contributed by atoms with van der Waals surface area (Å²) in [7, 11) is -3.25. The standard InChI is InChI=1S/C11H16N4O3S/c1-19(17,18)14-9-3-2-6-15(8-9)11(16)10-7-12-4-5-13-10/h4-5,7,9,14H,2-3,6,8H2,1H3/t9-/m1/s1. The lowest BCUT2D eigenvalue weighted by atomic mass is 10.1. The molecule has 1 saturated heterocycles. The van der Waals surface area contributed by atoms with Gasteiger partial charge >= 0.3 is 0 Å². The second kappa shape index (κ2) is 5.62. The van der Waals surface area contributed by atoms with Gasteiger partial charge in [-0.1, -0.05) is 0 Å². The summed E-state index contributed by atoms with van der Waals surface area (Å²) in [5, 5.41) is 0. The van der Waals surface area contributed by atoms with Gasteiger partial charge in [0.05, 0.1) is 12.5 Å². The van der Waals surface area contributed by atoms with Crippen molar-refractivity contribution in [1.29, 1.82) is 0 Å². The van der Waals surface area contributed by atoms with Crippen LogP contribution in [0.3, 0.4) is 0 Å². The number of rotatable bonds is 3. The van der Waals surface area contributed by atoms with E-state index in [1.54, 1.807) is 4.90 Å². The van der Waals surface area contributed by atoms with Gasteiger partial charge in [-0.15, -0.1) is 0 Å². The molecule has 19 heavy (non-hydrogen) atoms. The number of nitrogens with zero attached hydrogens (tertiary/aromatic N) is 3. The minimum atomic E-state index is -3.25. The van der Waals surface area contributed by atoms with Gasteiger partial charge in [-0.2, -0.15) is 0 Å². The largest absolute Gasteiger partial charge is 0.336 e. The Morgan fingerprint density at radius 3 is 2.89 bits per heavy atom. The lowest BCUT2D eigenvalue weighted by Crippen LogP contribution is -2.49. The molecule has 1 aromatic heterocycles. The van der Waals surface area contributed by atoms with Gasteiger partial charge in [-0.3, -0.25) is 9.78 Å². The first kappa shape index (κ1) is 13.9. The molecule has 0 unspecified atom stereocenters. The average molecular weight is 284 g/mol. The van der Waals surface area contributed by atoms with Crippen molar-refractivity contribution in [3.05, 3.63) is 24.3 Å². The van der Waals surface area contributed by atoms with Crippen molar-refractivity contribution in [1.82, 2.24) is 19.6 Å². The molecule has 1 amide bonds. The van der Waals surface area contributed by atoms with Crippen LogP contribution in [0.5, 0.6) is 0 Å². The molecule has 0 bridgehead atoms. The summed E-state index contributed by atoms with van der Waals surface area (Å²) >= 11 is 0. The Morgan fingerprint density at radius 2 is 2.26 bits per heavy atom. The number of hydrogen-bond donors (Lipinski definition) is 1. The van der Waals surface area contributed by atoms with Crippen LogP contribution in [0.2, 0.25) is 0 Å². The van der Waals surface area contributed by atoms with E-state index in [0.717, 1.165) is 19.1 Å². The van der Waals surface area contributed by atoms with Gasteiger partial charge in [-0.25, -0.2) is 18.1 Å². The molecule has 1 N–H and O–H groups in total. The van der Waals surface area contributed by atoms with Gasteiger partial charge in [-0.05, 0) is 12.8 Å². The Balaban J connectivity index is 2.03. The highest BCUT2D eigenvalue weighted by atomic mass is 32.2. The Labute approximate surface area is 112 Å². The molecule has 0 saturated carbocycles. The number of nitrogens with one attached hydrogen (secondary N) is 1. The van der Waals surface area contributed by atoms with Gasteiger partial charge in [0, 0.05) is 31.5 Å². The molecule has 2 heterocycles. The summed E-state index contributed by atoms with van der Waals surface area (Å²) in [6.07, 6.45) is 6.99. The number of hydrogen-bond acceptors (Lipinski definition) is 5. The zero-order valence-electron chi connectivity index (χ0n) is 10.6. The van der Waals surface area contributed by atoms with Crippen LogP contribution in [0, 0.1) is 0 Å². The van der Waals surface area contributed by atoms with E-state index >= 15 is 0 Å². The van der Waals surface area contributed by atoms with Crippen LogP contribution in [0.25, 0.3) is 0 Å². The summed E-state index contributed by atoms with van der Waals surface area (Å²) in [6, 6.07) is -0.232. The molecular weight excluding hydrogens is 268 g/mol. The minimum Gasteiger partial charge on any atom is -0.336 e. The fraction of sp³-hybridized carbons (Fsp3) is 0.545. The van der Waals surface area contributed by atoms with Gasteiger partial charge in [0.15, 0.2) is 0 Å². The molecular formula is C11H16N4O3S. The molecule has 1 aromatic rings. The van der Waals surface area contributed by atoms with E-state index in [1.165, 1.54) is 18.6 Å². The maximum absolute atomic E-state index is 12.2. The fourth-order valence-electron chi connectivity index (χ4n) is 2.13. The van der Waals surface area contributed by atoms with E-state index in [2.05, 4.69) is 14.7 Å². The molecule has 1 aliphatic rings. The monoisotopic (exact) mass is 284 g/mol. The highest BCUT2D eigenvalue weighted by Gasteiger charge is 2.26. The second-order valence-electron chi connectivity index (χ2n) is 4.57. The van der Waals surface area contributed by atoms with E-state index in [-0.39, 0.29) is 17.6 Å². The Bertz CT molecular complexity index is 546. The van der Waals surface area contributed by atoms with Gasteiger partial charge in [0.2, 0.25) is 10.0 Å². The molecule has 1 fully saturated rings. The topological polar surface area (TPSA) is 92.3 Å². The summed E-state index contributed by atoms with van der Waals surface area (Å²) in [5.41, 5.74) is 0.280. The Morgan fingerprint density at radius 1 is 1.47 bits per heavy atom. The lowest BCUT2D eigenvalue weighted by Gasteiger charge is -2.32. The second-order valence-corrected chi connectivity index (χ2v) is 6.35. The van der Waals surface area contributed by atoms with Crippen molar-refractivity contribution in [2.45, 2.75) is 18.9 Å². The zero-order valence-corrected chi connectivity index (χ0v) is 11.4. The van der Waals surface area contributed by atoms with Gasteiger partial charge in [0.25, 0.3) is 5.91 Å². The molecule has 2 rings (SSSR count). The number of amides is 1. The van der Waals surface area contributed by atoms with Crippen LogP contribution < -0.4 is 4.72 Å². The molecule has 0 aliphatic carbocycles. The van der Waals surface area contributed by atoms with E-state index in [9.17, 15) is 13.2 Å². The summed E-state index contributed by atoms with van der Waals surface area (Å²) in [6.45, 7) is 0.972. The number of carbonyl (C=O) groups is 1. The zero-order chi connectivity index (χ0) is 13.9. The smallest absolute Gasteiger partial charge is 0.274 e. The van der Waals surface area contributed by atoms with Crippen molar-refractivity contribution in [2.24, 2.45) is 0 Å². The maximum Gasteiger partial charge on any atom is 0.274 e. The third kappa shape index (κ3) is 3.97. The SMILES string of the molecule is CS(=O)(=O)N[C@@H]1CCCN(C(=O)c2cnccn2)C1. The molecule has 1 aliphatic heterocycles.